The van der Waals surface area contributed by atoms with Crippen molar-refractivity contribution in [3.8, 4) is 11.4 Å². The standard InChI is InChI=1S/C15H15N5O2/c1-10(2)11-3-5-12(6-4-11)19-8-13(7-16-19)20-9-14(15(21)22)17-18-20/h3-10H,1-2H3,(H,21,22). The molecule has 7 nitrogen and oxygen atoms in total. The van der Waals surface area contributed by atoms with Crippen molar-refractivity contribution in [2.75, 3.05) is 0 Å². The monoisotopic (exact) mass is 297 g/mol. The van der Waals surface area contributed by atoms with Gasteiger partial charge in [0.25, 0.3) is 0 Å². The summed E-state index contributed by atoms with van der Waals surface area (Å²) in [5.74, 6) is -0.630. The lowest BCUT2D eigenvalue weighted by molar-refractivity contribution is 0.0690. The summed E-state index contributed by atoms with van der Waals surface area (Å²) >= 11 is 0. The largest absolute Gasteiger partial charge is 0.476 e. The van der Waals surface area contributed by atoms with Crippen LogP contribution >= 0.6 is 0 Å². The quantitative estimate of drug-likeness (QED) is 0.798. The minimum Gasteiger partial charge on any atom is -0.476 e. The molecule has 7 heteroatoms. The number of hydrogen-bond donors (Lipinski definition) is 1. The molecule has 0 atom stereocenters. The van der Waals surface area contributed by atoms with Crippen molar-refractivity contribution in [1.82, 2.24) is 24.8 Å². The predicted octanol–water partition coefficient (Wildman–Crippen LogP) is 2.27. The lowest BCUT2D eigenvalue weighted by atomic mass is 10.0. The lowest BCUT2D eigenvalue weighted by Crippen LogP contribution is -1.96. The van der Waals surface area contributed by atoms with E-state index in [1.807, 2.05) is 12.1 Å². The van der Waals surface area contributed by atoms with E-state index in [0.29, 0.717) is 11.6 Å². The van der Waals surface area contributed by atoms with Gasteiger partial charge in [-0.25, -0.2) is 14.2 Å². The van der Waals surface area contributed by atoms with Gasteiger partial charge >= 0.3 is 5.97 Å². The summed E-state index contributed by atoms with van der Waals surface area (Å²) in [5.41, 5.74) is 2.73. The second-order valence-electron chi connectivity index (χ2n) is 5.24. The zero-order valence-electron chi connectivity index (χ0n) is 12.2. The first-order chi connectivity index (χ1) is 10.5. The zero-order valence-corrected chi connectivity index (χ0v) is 12.2. The van der Waals surface area contributed by atoms with E-state index in [2.05, 4.69) is 41.4 Å². The van der Waals surface area contributed by atoms with E-state index in [1.165, 1.54) is 16.4 Å². The molecule has 0 radical (unpaired) electrons. The number of carboxylic acids is 1. The SMILES string of the molecule is CC(C)c1ccc(-n2cc(-n3cc(C(=O)O)nn3)cn2)cc1. The lowest BCUT2D eigenvalue weighted by Gasteiger charge is -2.06. The highest BCUT2D eigenvalue weighted by atomic mass is 16.4. The third-order valence-electron chi connectivity index (χ3n) is 3.37. The maximum atomic E-state index is 10.8. The summed E-state index contributed by atoms with van der Waals surface area (Å²) < 4.78 is 3.09. The molecule has 0 bridgehead atoms. The van der Waals surface area contributed by atoms with Crippen molar-refractivity contribution in [2.24, 2.45) is 0 Å². The van der Waals surface area contributed by atoms with Gasteiger partial charge in [0.15, 0.2) is 5.69 Å². The highest BCUT2D eigenvalue weighted by Crippen LogP contribution is 2.17. The number of benzene rings is 1. The topological polar surface area (TPSA) is 85.8 Å². The Labute approximate surface area is 126 Å². The summed E-state index contributed by atoms with van der Waals surface area (Å²) in [6, 6.07) is 8.13. The molecule has 3 rings (SSSR count). The number of hydrogen-bond acceptors (Lipinski definition) is 4. The maximum absolute atomic E-state index is 10.8. The molecule has 2 aromatic heterocycles. The van der Waals surface area contributed by atoms with Crippen LogP contribution in [0.15, 0.2) is 42.9 Å². The van der Waals surface area contributed by atoms with Crippen LogP contribution in [-0.2, 0) is 0 Å². The number of carbonyl (C=O) groups is 1. The van der Waals surface area contributed by atoms with Crippen LogP contribution in [0.25, 0.3) is 11.4 Å². The van der Waals surface area contributed by atoms with E-state index in [4.69, 9.17) is 5.11 Å². The second-order valence-corrected chi connectivity index (χ2v) is 5.24. The van der Waals surface area contributed by atoms with E-state index in [0.717, 1.165) is 5.69 Å². The Kier molecular flexibility index (Phi) is 3.46. The summed E-state index contributed by atoms with van der Waals surface area (Å²) in [4.78, 5) is 10.8. The van der Waals surface area contributed by atoms with Gasteiger partial charge in [-0.15, -0.1) is 5.10 Å². The molecule has 0 amide bonds. The molecule has 112 valence electrons. The minimum absolute atomic E-state index is 0.103. The highest BCUT2D eigenvalue weighted by Gasteiger charge is 2.11. The third-order valence-corrected chi connectivity index (χ3v) is 3.37. The smallest absolute Gasteiger partial charge is 0.358 e. The molecule has 2 heterocycles. The van der Waals surface area contributed by atoms with E-state index in [9.17, 15) is 4.79 Å². The van der Waals surface area contributed by atoms with Crippen molar-refractivity contribution in [1.29, 1.82) is 0 Å². The molecular formula is C15H15N5O2. The van der Waals surface area contributed by atoms with Gasteiger partial charge < -0.3 is 5.11 Å². The van der Waals surface area contributed by atoms with Crippen molar-refractivity contribution in [2.45, 2.75) is 19.8 Å². The first-order valence-corrected chi connectivity index (χ1v) is 6.85. The highest BCUT2D eigenvalue weighted by molar-refractivity contribution is 5.84. The molecule has 0 saturated carbocycles. The molecule has 0 saturated heterocycles. The Morgan fingerprint density at radius 2 is 1.82 bits per heavy atom. The molecule has 0 aliphatic heterocycles. The molecule has 0 spiro atoms. The summed E-state index contributed by atoms with van der Waals surface area (Å²) in [7, 11) is 0. The van der Waals surface area contributed by atoms with Crippen LogP contribution in [0.3, 0.4) is 0 Å². The fraction of sp³-hybridized carbons (Fsp3) is 0.200. The van der Waals surface area contributed by atoms with E-state index >= 15 is 0 Å². The second kappa shape index (κ2) is 5.44. The molecule has 0 aliphatic carbocycles. The number of carboxylic acid groups (broad SMARTS) is 1. The Morgan fingerprint density at radius 1 is 1.09 bits per heavy atom. The Bertz CT molecular complexity index is 801. The van der Waals surface area contributed by atoms with Crippen LogP contribution in [0.5, 0.6) is 0 Å². The number of aromatic nitrogens is 5. The zero-order chi connectivity index (χ0) is 15.7. The number of rotatable bonds is 4. The van der Waals surface area contributed by atoms with Gasteiger partial charge in [-0.05, 0) is 23.6 Å². The third kappa shape index (κ3) is 2.60. The van der Waals surface area contributed by atoms with Gasteiger partial charge in [-0.2, -0.15) is 5.10 Å². The molecule has 0 unspecified atom stereocenters. The predicted molar refractivity (Wildman–Crippen MR) is 79.5 cm³/mol. The summed E-state index contributed by atoms with van der Waals surface area (Å²) in [5, 5.41) is 20.5. The van der Waals surface area contributed by atoms with Crippen LogP contribution in [-0.4, -0.2) is 35.9 Å². The van der Waals surface area contributed by atoms with Crippen molar-refractivity contribution >= 4 is 5.97 Å². The maximum Gasteiger partial charge on any atom is 0.358 e. The molecule has 22 heavy (non-hydrogen) atoms. The van der Waals surface area contributed by atoms with Crippen LogP contribution < -0.4 is 0 Å². The first kappa shape index (κ1) is 14.0. The molecule has 0 fully saturated rings. The van der Waals surface area contributed by atoms with E-state index in [-0.39, 0.29) is 5.69 Å². The Balaban J connectivity index is 1.88. The molecule has 3 aromatic rings. The average molecular weight is 297 g/mol. The summed E-state index contributed by atoms with van der Waals surface area (Å²) in [6.45, 7) is 4.29. The molecule has 0 aliphatic rings. The van der Waals surface area contributed by atoms with Crippen LogP contribution in [0, 0.1) is 0 Å². The number of nitrogens with zero attached hydrogens (tertiary/aromatic N) is 5. The minimum atomic E-state index is -1.11. The first-order valence-electron chi connectivity index (χ1n) is 6.85. The van der Waals surface area contributed by atoms with Gasteiger partial charge in [0.05, 0.1) is 24.3 Å². The normalized spacial score (nSPS) is 11.0. The van der Waals surface area contributed by atoms with Gasteiger partial charge in [-0.3, -0.25) is 0 Å². The van der Waals surface area contributed by atoms with Gasteiger partial charge in [0, 0.05) is 0 Å². The van der Waals surface area contributed by atoms with E-state index < -0.39 is 5.97 Å². The van der Waals surface area contributed by atoms with Crippen molar-refractivity contribution in [3.63, 3.8) is 0 Å². The van der Waals surface area contributed by atoms with Gasteiger partial charge in [-0.1, -0.05) is 31.2 Å². The van der Waals surface area contributed by atoms with Gasteiger partial charge in [0.2, 0.25) is 0 Å². The fourth-order valence-corrected chi connectivity index (χ4v) is 2.07. The number of aromatic carboxylic acids is 1. The molecular weight excluding hydrogens is 282 g/mol. The average Bonchev–Trinajstić information content (AvgIpc) is 3.16. The molecule has 1 aromatic carbocycles. The Morgan fingerprint density at radius 3 is 2.41 bits per heavy atom. The van der Waals surface area contributed by atoms with Crippen LogP contribution in [0.2, 0.25) is 0 Å². The fourth-order valence-electron chi connectivity index (χ4n) is 2.07. The molecule has 1 N–H and O–H groups in total. The van der Waals surface area contributed by atoms with Crippen LogP contribution in [0.1, 0.15) is 35.8 Å². The van der Waals surface area contributed by atoms with Crippen molar-refractivity contribution < 1.29 is 9.90 Å². The van der Waals surface area contributed by atoms with E-state index in [1.54, 1.807) is 17.1 Å². The Hall–Kier alpha value is -2.96. The van der Waals surface area contributed by atoms with Crippen molar-refractivity contribution in [3.05, 3.63) is 54.1 Å². The van der Waals surface area contributed by atoms with Crippen LogP contribution in [0.4, 0.5) is 0 Å². The summed E-state index contributed by atoms with van der Waals surface area (Å²) in [6.07, 6.45) is 4.73. The van der Waals surface area contributed by atoms with Gasteiger partial charge in [0.1, 0.15) is 5.69 Å².